The summed E-state index contributed by atoms with van der Waals surface area (Å²) >= 11 is 0. The number of aryl methyl sites for hydroxylation is 1. The zero-order valence-corrected chi connectivity index (χ0v) is 14.4. The molecule has 0 unspecified atom stereocenters. The van der Waals surface area contributed by atoms with Crippen LogP contribution in [0.15, 0.2) is 47.2 Å². The molecule has 0 bridgehead atoms. The van der Waals surface area contributed by atoms with Gasteiger partial charge in [0.2, 0.25) is 11.7 Å². The lowest BCUT2D eigenvalue weighted by molar-refractivity contribution is 0.102. The van der Waals surface area contributed by atoms with Crippen LogP contribution in [0, 0.1) is 12.7 Å². The fourth-order valence-electron chi connectivity index (χ4n) is 2.65. The van der Waals surface area contributed by atoms with Gasteiger partial charge in [0.05, 0.1) is 24.6 Å². The van der Waals surface area contributed by atoms with Crippen molar-refractivity contribution in [1.29, 1.82) is 0 Å². The van der Waals surface area contributed by atoms with Gasteiger partial charge in [-0.1, -0.05) is 11.2 Å². The van der Waals surface area contributed by atoms with E-state index >= 15 is 0 Å². The SMILES string of the molecule is COc1ccn2c(C(=O)Nc3cccc(-c4noc(C)n4)c3F)cnc2c1. The van der Waals surface area contributed by atoms with Crippen molar-refractivity contribution in [2.24, 2.45) is 0 Å². The molecule has 4 aromatic rings. The number of carbonyl (C=O) groups excluding carboxylic acids is 1. The topological polar surface area (TPSA) is 94.6 Å². The number of hydrogen-bond acceptors (Lipinski definition) is 6. The first-order valence-electron chi connectivity index (χ1n) is 7.98. The summed E-state index contributed by atoms with van der Waals surface area (Å²) in [6, 6.07) is 7.95. The van der Waals surface area contributed by atoms with Gasteiger partial charge in [0, 0.05) is 19.2 Å². The molecular weight excluding hydrogens is 353 g/mol. The summed E-state index contributed by atoms with van der Waals surface area (Å²) < 4.78 is 26.4. The number of amides is 1. The maximum atomic E-state index is 14.8. The number of nitrogens with one attached hydrogen (secondary N) is 1. The number of hydrogen-bond donors (Lipinski definition) is 1. The van der Waals surface area contributed by atoms with E-state index in [1.54, 1.807) is 42.8 Å². The smallest absolute Gasteiger partial charge is 0.274 e. The number of methoxy groups -OCH3 is 1. The largest absolute Gasteiger partial charge is 0.497 e. The van der Waals surface area contributed by atoms with Crippen LogP contribution in [0.1, 0.15) is 16.4 Å². The first-order valence-corrected chi connectivity index (χ1v) is 7.98. The van der Waals surface area contributed by atoms with Crippen molar-refractivity contribution in [2.75, 3.05) is 12.4 Å². The summed E-state index contributed by atoms with van der Waals surface area (Å²) in [6.45, 7) is 1.61. The Labute approximate surface area is 152 Å². The summed E-state index contributed by atoms with van der Waals surface area (Å²) in [5.74, 6) is -0.104. The number of benzene rings is 1. The van der Waals surface area contributed by atoms with E-state index < -0.39 is 11.7 Å². The predicted octanol–water partition coefficient (Wildman–Crippen LogP) is 3.09. The van der Waals surface area contributed by atoms with Crippen LogP contribution in [0.5, 0.6) is 5.75 Å². The highest BCUT2D eigenvalue weighted by molar-refractivity contribution is 6.03. The lowest BCUT2D eigenvalue weighted by atomic mass is 10.1. The highest BCUT2D eigenvalue weighted by Gasteiger charge is 2.18. The fourth-order valence-corrected chi connectivity index (χ4v) is 2.65. The van der Waals surface area contributed by atoms with Crippen LogP contribution in [0.2, 0.25) is 0 Å². The summed E-state index contributed by atoms with van der Waals surface area (Å²) in [4.78, 5) is 20.8. The molecule has 0 spiro atoms. The maximum absolute atomic E-state index is 14.8. The minimum atomic E-state index is -0.651. The van der Waals surface area contributed by atoms with E-state index in [0.717, 1.165) is 0 Å². The van der Waals surface area contributed by atoms with Crippen molar-refractivity contribution < 1.29 is 18.4 Å². The minimum absolute atomic E-state index is 0.00316. The average Bonchev–Trinajstić information content (AvgIpc) is 3.29. The molecule has 0 saturated carbocycles. The number of aromatic nitrogens is 4. The summed E-state index contributed by atoms with van der Waals surface area (Å²) in [6.07, 6.45) is 3.07. The van der Waals surface area contributed by atoms with Gasteiger partial charge in [0.15, 0.2) is 5.82 Å². The minimum Gasteiger partial charge on any atom is -0.497 e. The number of fused-ring (bicyclic) bond motifs is 1. The predicted molar refractivity (Wildman–Crippen MR) is 94.1 cm³/mol. The average molecular weight is 367 g/mol. The van der Waals surface area contributed by atoms with Crippen molar-refractivity contribution in [3.8, 4) is 17.1 Å². The van der Waals surface area contributed by atoms with Crippen molar-refractivity contribution in [3.63, 3.8) is 0 Å². The molecule has 27 heavy (non-hydrogen) atoms. The van der Waals surface area contributed by atoms with Gasteiger partial charge in [-0.05, 0) is 18.2 Å². The normalized spacial score (nSPS) is 10.9. The molecule has 0 aliphatic rings. The van der Waals surface area contributed by atoms with Gasteiger partial charge in [-0.2, -0.15) is 4.98 Å². The summed E-state index contributed by atoms with van der Waals surface area (Å²) in [7, 11) is 1.55. The van der Waals surface area contributed by atoms with E-state index in [-0.39, 0.29) is 22.8 Å². The second-order valence-electron chi connectivity index (χ2n) is 5.70. The molecule has 1 N–H and O–H groups in total. The third kappa shape index (κ3) is 2.99. The molecule has 4 rings (SSSR count). The maximum Gasteiger partial charge on any atom is 0.274 e. The van der Waals surface area contributed by atoms with Crippen LogP contribution in [0.4, 0.5) is 10.1 Å². The lowest BCUT2D eigenvalue weighted by Gasteiger charge is -2.08. The highest BCUT2D eigenvalue weighted by atomic mass is 19.1. The zero-order valence-electron chi connectivity index (χ0n) is 14.4. The molecule has 0 radical (unpaired) electrons. The number of rotatable bonds is 4. The molecule has 8 nitrogen and oxygen atoms in total. The quantitative estimate of drug-likeness (QED) is 0.596. The Balaban J connectivity index is 1.66. The van der Waals surface area contributed by atoms with E-state index in [9.17, 15) is 9.18 Å². The van der Waals surface area contributed by atoms with Gasteiger partial charge in [-0.3, -0.25) is 9.20 Å². The highest BCUT2D eigenvalue weighted by Crippen LogP contribution is 2.26. The molecule has 3 heterocycles. The van der Waals surface area contributed by atoms with Gasteiger partial charge in [0.25, 0.3) is 5.91 Å². The number of imidazole rings is 1. The Morgan fingerprint density at radius 1 is 1.33 bits per heavy atom. The van der Waals surface area contributed by atoms with Crippen LogP contribution in [-0.2, 0) is 0 Å². The van der Waals surface area contributed by atoms with E-state index in [1.165, 1.54) is 18.3 Å². The number of anilines is 1. The molecule has 0 aliphatic heterocycles. The number of pyridine rings is 1. The van der Waals surface area contributed by atoms with Crippen LogP contribution >= 0.6 is 0 Å². The Morgan fingerprint density at radius 3 is 2.93 bits per heavy atom. The zero-order chi connectivity index (χ0) is 19.0. The Bertz CT molecular complexity index is 1150. The number of halogens is 1. The number of nitrogens with zero attached hydrogens (tertiary/aromatic N) is 4. The Hall–Kier alpha value is -3.75. The van der Waals surface area contributed by atoms with Gasteiger partial charge in [-0.15, -0.1) is 0 Å². The molecule has 1 aromatic carbocycles. The van der Waals surface area contributed by atoms with Crippen LogP contribution in [0.25, 0.3) is 17.0 Å². The van der Waals surface area contributed by atoms with Crippen molar-refractivity contribution in [2.45, 2.75) is 6.92 Å². The van der Waals surface area contributed by atoms with Crippen molar-refractivity contribution >= 4 is 17.2 Å². The number of ether oxygens (including phenoxy) is 1. The third-order valence-electron chi connectivity index (χ3n) is 3.97. The van der Waals surface area contributed by atoms with Gasteiger partial charge in [0.1, 0.15) is 17.1 Å². The van der Waals surface area contributed by atoms with E-state index in [4.69, 9.17) is 9.26 Å². The molecule has 3 aromatic heterocycles. The van der Waals surface area contributed by atoms with Crippen molar-refractivity contribution in [3.05, 3.63) is 60.1 Å². The molecule has 0 saturated heterocycles. The second kappa shape index (κ2) is 6.52. The fraction of sp³-hybridized carbons (Fsp3) is 0.111. The molecule has 9 heteroatoms. The molecule has 0 atom stereocenters. The van der Waals surface area contributed by atoms with E-state index in [2.05, 4.69) is 20.4 Å². The van der Waals surface area contributed by atoms with E-state index in [1.807, 2.05) is 0 Å². The molecule has 136 valence electrons. The Morgan fingerprint density at radius 2 is 2.19 bits per heavy atom. The third-order valence-corrected chi connectivity index (χ3v) is 3.97. The molecular formula is C18H14FN5O3. The summed E-state index contributed by atoms with van der Waals surface area (Å²) in [5, 5.41) is 6.27. The summed E-state index contributed by atoms with van der Waals surface area (Å²) in [5.41, 5.74) is 0.930. The van der Waals surface area contributed by atoms with Gasteiger partial charge in [-0.25, -0.2) is 9.37 Å². The first-order chi connectivity index (χ1) is 13.1. The number of carbonyl (C=O) groups is 1. The standard InChI is InChI=1S/C18H14FN5O3/c1-10-21-17(23-27-10)12-4-3-5-13(16(12)19)22-18(25)14-9-20-15-8-11(26-2)6-7-24(14)15/h3-9H,1-2H3,(H,22,25). The molecule has 1 amide bonds. The van der Waals surface area contributed by atoms with Gasteiger partial charge >= 0.3 is 0 Å². The van der Waals surface area contributed by atoms with Crippen LogP contribution in [-0.4, -0.2) is 32.5 Å². The molecule has 0 fully saturated rings. The van der Waals surface area contributed by atoms with Crippen LogP contribution in [0.3, 0.4) is 0 Å². The van der Waals surface area contributed by atoms with Crippen molar-refractivity contribution in [1.82, 2.24) is 19.5 Å². The lowest BCUT2D eigenvalue weighted by Crippen LogP contribution is -2.15. The van der Waals surface area contributed by atoms with Gasteiger partial charge < -0.3 is 14.6 Å². The van der Waals surface area contributed by atoms with Crippen LogP contribution < -0.4 is 10.1 Å². The van der Waals surface area contributed by atoms with E-state index in [0.29, 0.717) is 17.3 Å². The monoisotopic (exact) mass is 367 g/mol. The first kappa shape index (κ1) is 16.7. The molecule has 0 aliphatic carbocycles. The second-order valence-corrected chi connectivity index (χ2v) is 5.70. The Kier molecular flexibility index (Phi) is 4.03.